The first kappa shape index (κ1) is 18.3. The zero-order chi connectivity index (χ0) is 20.0. The summed E-state index contributed by atoms with van der Waals surface area (Å²) in [5.74, 6) is 6.89. The summed E-state index contributed by atoms with van der Waals surface area (Å²) in [5.41, 5.74) is 3.81. The minimum Gasteiger partial charge on any atom is -0.507 e. The fourth-order valence-corrected chi connectivity index (χ4v) is 10.1. The molecule has 8 bridgehead atoms. The van der Waals surface area contributed by atoms with Crippen molar-refractivity contribution in [1.29, 1.82) is 0 Å². The van der Waals surface area contributed by atoms with E-state index in [-0.39, 0.29) is 5.41 Å². The molecule has 1 N–H and O–H groups in total. The highest BCUT2D eigenvalue weighted by atomic mass is 16.3. The van der Waals surface area contributed by atoms with E-state index >= 15 is 0 Å². The van der Waals surface area contributed by atoms with E-state index in [0.29, 0.717) is 11.8 Å². The van der Waals surface area contributed by atoms with Crippen molar-refractivity contribution in [1.82, 2.24) is 0 Å². The topological polar surface area (TPSA) is 32.6 Å². The molecule has 0 unspecified atom stereocenters. The van der Waals surface area contributed by atoms with Crippen molar-refractivity contribution in [3.05, 3.63) is 28.8 Å². The van der Waals surface area contributed by atoms with Crippen LogP contribution in [0.15, 0.2) is 17.1 Å². The second kappa shape index (κ2) is 6.36. The number of benzene rings is 1. The summed E-state index contributed by atoms with van der Waals surface area (Å²) in [6.45, 7) is 2.21. The monoisotopic (exact) mass is 403 g/mol. The molecule has 0 atom stereocenters. The molecule has 0 aromatic heterocycles. The van der Waals surface area contributed by atoms with Crippen LogP contribution in [0.3, 0.4) is 0 Å². The lowest BCUT2D eigenvalue weighted by atomic mass is 9.48. The van der Waals surface area contributed by atoms with Crippen molar-refractivity contribution >= 4 is 6.21 Å². The van der Waals surface area contributed by atoms with Gasteiger partial charge < -0.3 is 5.11 Å². The third-order valence-corrected chi connectivity index (χ3v) is 10.5. The van der Waals surface area contributed by atoms with Crippen molar-refractivity contribution in [2.24, 2.45) is 46.4 Å². The maximum Gasteiger partial charge on any atom is 0.128 e. The highest BCUT2D eigenvalue weighted by molar-refractivity contribution is 5.85. The van der Waals surface area contributed by atoms with Gasteiger partial charge in [-0.25, -0.2) is 0 Å². The number of aliphatic imine (C=N–C) groups is 1. The zero-order valence-corrected chi connectivity index (χ0v) is 18.5. The van der Waals surface area contributed by atoms with Crippen LogP contribution in [0.1, 0.15) is 87.3 Å². The third kappa shape index (κ3) is 2.71. The largest absolute Gasteiger partial charge is 0.507 e. The summed E-state index contributed by atoms with van der Waals surface area (Å²) in [5, 5.41) is 11.5. The lowest BCUT2D eigenvalue weighted by Gasteiger charge is -2.57. The lowest BCUT2D eigenvalue weighted by molar-refractivity contribution is -0.00617. The van der Waals surface area contributed by atoms with Crippen LogP contribution in [-0.4, -0.2) is 17.4 Å². The van der Waals surface area contributed by atoms with Crippen LogP contribution in [-0.2, 0) is 5.41 Å². The predicted octanol–water partition coefficient (Wildman–Crippen LogP) is 6.41. The minimum atomic E-state index is 0.246. The molecule has 0 heterocycles. The maximum atomic E-state index is 11.5. The smallest absolute Gasteiger partial charge is 0.128 e. The first-order chi connectivity index (χ1) is 14.5. The first-order valence-electron chi connectivity index (χ1n) is 12.9. The molecule has 30 heavy (non-hydrogen) atoms. The second-order valence-electron chi connectivity index (χ2n) is 12.6. The molecule has 2 nitrogen and oxygen atoms in total. The van der Waals surface area contributed by atoms with Gasteiger partial charge in [0.1, 0.15) is 5.75 Å². The van der Waals surface area contributed by atoms with Gasteiger partial charge in [-0.05, 0) is 136 Å². The van der Waals surface area contributed by atoms with E-state index in [0.717, 1.165) is 47.0 Å². The van der Waals surface area contributed by atoms with Crippen LogP contribution < -0.4 is 0 Å². The van der Waals surface area contributed by atoms with Crippen molar-refractivity contribution in [2.75, 3.05) is 0 Å². The molecule has 0 radical (unpaired) electrons. The maximum absolute atomic E-state index is 11.5. The molecule has 9 rings (SSSR count). The van der Waals surface area contributed by atoms with E-state index in [1.54, 1.807) is 0 Å². The average Bonchev–Trinajstić information content (AvgIpc) is 2.68. The third-order valence-electron chi connectivity index (χ3n) is 10.5. The first-order valence-corrected chi connectivity index (χ1v) is 12.9. The van der Waals surface area contributed by atoms with Crippen LogP contribution in [0.25, 0.3) is 0 Å². The van der Waals surface area contributed by atoms with Gasteiger partial charge in [-0.3, -0.25) is 4.99 Å². The van der Waals surface area contributed by atoms with Crippen LogP contribution in [0.5, 0.6) is 5.75 Å². The molecule has 8 saturated carbocycles. The molecule has 8 aliphatic carbocycles. The number of aromatic hydroxyl groups is 1. The highest BCUT2D eigenvalue weighted by Gasteiger charge is 2.52. The Morgan fingerprint density at radius 1 is 0.800 bits per heavy atom. The van der Waals surface area contributed by atoms with Gasteiger partial charge in [0, 0.05) is 17.3 Å². The van der Waals surface area contributed by atoms with Gasteiger partial charge >= 0.3 is 0 Å². The number of rotatable bonds is 3. The summed E-state index contributed by atoms with van der Waals surface area (Å²) in [7, 11) is 0. The van der Waals surface area contributed by atoms with E-state index in [1.807, 2.05) is 0 Å². The Kier molecular flexibility index (Phi) is 3.88. The van der Waals surface area contributed by atoms with E-state index in [9.17, 15) is 5.11 Å². The standard InChI is InChI=1S/C28H37NO/c1-16-2-24(15-29-26-22-8-17-4-18(10-22)11-23(26)9-17)27(30)25(3-16)28-12-19-5-20(13-28)7-21(6-19)14-28/h2-3,15,17-23,26,30H,4-14H2,1H3. The fraction of sp³-hybridized carbons (Fsp3) is 0.750. The number of nitrogens with zero attached hydrogens (tertiary/aromatic N) is 1. The number of phenolic OH excluding ortho intramolecular Hbond substituents is 1. The van der Waals surface area contributed by atoms with Gasteiger partial charge in [-0.15, -0.1) is 0 Å². The predicted molar refractivity (Wildman–Crippen MR) is 121 cm³/mol. The number of hydrogen-bond acceptors (Lipinski definition) is 2. The Morgan fingerprint density at radius 2 is 1.33 bits per heavy atom. The van der Waals surface area contributed by atoms with Crippen LogP contribution >= 0.6 is 0 Å². The van der Waals surface area contributed by atoms with Crippen molar-refractivity contribution in [3.8, 4) is 5.75 Å². The van der Waals surface area contributed by atoms with E-state index in [4.69, 9.17) is 4.99 Å². The molecule has 0 spiro atoms. The van der Waals surface area contributed by atoms with Crippen molar-refractivity contribution in [3.63, 3.8) is 0 Å². The summed E-state index contributed by atoms with van der Waals surface area (Å²) in [6.07, 6.45) is 17.5. The SMILES string of the molecule is Cc1cc(C=NC2C3CC4CC(C3)CC2C4)c(O)c(C23CC4CC(CC(C4)C2)C3)c1. The Morgan fingerprint density at radius 3 is 1.90 bits per heavy atom. The molecule has 0 amide bonds. The number of phenols is 1. The van der Waals surface area contributed by atoms with E-state index in [2.05, 4.69) is 25.3 Å². The summed E-state index contributed by atoms with van der Waals surface area (Å²) >= 11 is 0. The summed E-state index contributed by atoms with van der Waals surface area (Å²) in [6, 6.07) is 5.02. The van der Waals surface area contributed by atoms with Gasteiger partial charge in [0.2, 0.25) is 0 Å². The molecule has 1 aromatic carbocycles. The second-order valence-corrected chi connectivity index (χ2v) is 12.6. The lowest BCUT2D eigenvalue weighted by Crippen LogP contribution is -2.48. The molecular weight excluding hydrogens is 366 g/mol. The molecule has 1 aromatic rings. The fourth-order valence-electron chi connectivity index (χ4n) is 10.1. The van der Waals surface area contributed by atoms with Crippen LogP contribution in [0, 0.1) is 48.3 Å². The molecule has 8 fully saturated rings. The molecule has 0 aliphatic heterocycles. The Bertz CT molecular complexity index is 835. The van der Waals surface area contributed by atoms with Gasteiger partial charge in [0.05, 0.1) is 6.04 Å². The number of aryl methyl sites for hydroxylation is 1. The normalized spacial score (nSPS) is 48.2. The quantitative estimate of drug-likeness (QED) is 0.581. The highest BCUT2D eigenvalue weighted by Crippen LogP contribution is 2.62. The van der Waals surface area contributed by atoms with Gasteiger partial charge in [0.25, 0.3) is 0 Å². The van der Waals surface area contributed by atoms with Gasteiger partial charge in [-0.1, -0.05) is 6.07 Å². The molecule has 2 heteroatoms. The minimum absolute atomic E-state index is 0.246. The molecular formula is C28H37NO. The Hall–Kier alpha value is -1.31. The van der Waals surface area contributed by atoms with Crippen molar-refractivity contribution in [2.45, 2.75) is 89.0 Å². The van der Waals surface area contributed by atoms with E-state index < -0.39 is 0 Å². The van der Waals surface area contributed by atoms with Crippen molar-refractivity contribution < 1.29 is 5.11 Å². The Balaban J connectivity index is 1.22. The summed E-state index contributed by atoms with van der Waals surface area (Å²) < 4.78 is 0. The number of hydrogen-bond donors (Lipinski definition) is 1. The van der Waals surface area contributed by atoms with Crippen LogP contribution in [0.4, 0.5) is 0 Å². The van der Waals surface area contributed by atoms with Crippen LogP contribution in [0.2, 0.25) is 0 Å². The van der Waals surface area contributed by atoms with Gasteiger partial charge in [0.15, 0.2) is 0 Å². The summed E-state index contributed by atoms with van der Waals surface area (Å²) in [4.78, 5) is 5.20. The zero-order valence-electron chi connectivity index (χ0n) is 18.5. The molecule has 160 valence electrons. The molecule has 0 saturated heterocycles. The van der Waals surface area contributed by atoms with E-state index in [1.165, 1.54) is 81.8 Å². The van der Waals surface area contributed by atoms with Gasteiger partial charge in [-0.2, -0.15) is 0 Å². The Labute approximate surface area is 181 Å². The average molecular weight is 404 g/mol. The molecule has 8 aliphatic rings.